The predicted molar refractivity (Wildman–Crippen MR) is 62.6 cm³/mol. The molecule has 4 heteroatoms. The van der Waals surface area contributed by atoms with E-state index < -0.39 is 0 Å². The van der Waals surface area contributed by atoms with Crippen LogP contribution in [0.5, 0.6) is 11.5 Å². The summed E-state index contributed by atoms with van der Waals surface area (Å²) in [6, 6.07) is 6.67. The molecular formula is C12H19NO3. The lowest BCUT2D eigenvalue weighted by atomic mass is 10.1. The molecule has 0 heterocycles. The van der Waals surface area contributed by atoms with Crippen molar-refractivity contribution in [2.24, 2.45) is 11.7 Å². The zero-order valence-electron chi connectivity index (χ0n) is 9.56. The van der Waals surface area contributed by atoms with Crippen molar-refractivity contribution >= 4 is 0 Å². The predicted octanol–water partition coefficient (Wildman–Crippen LogP) is 1.38. The molecule has 0 fully saturated rings. The van der Waals surface area contributed by atoms with E-state index in [9.17, 15) is 0 Å². The van der Waals surface area contributed by atoms with E-state index in [0.717, 1.165) is 12.2 Å². The van der Waals surface area contributed by atoms with Gasteiger partial charge >= 0.3 is 0 Å². The lowest BCUT2D eigenvalue weighted by Gasteiger charge is -2.15. The van der Waals surface area contributed by atoms with Crippen molar-refractivity contribution in [3.63, 3.8) is 0 Å². The van der Waals surface area contributed by atoms with Crippen LogP contribution in [0.2, 0.25) is 0 Å². The standard InChI is InChI=1S/C12H19NO3/c1-15-7-6-10(8-13)9-16-12-4-2-11(14)3-5-12/h2-5,10,14H,6-9,13H2,1H3. The summed E-state index contributed by atoms with van der Waals surface area (Å²) in [5.74, 6) is 1.28. The fraction of sp³-hybridized carbons (Fsp3) is 0.500. The average Bonchev–Trinajstić information content (AvgIpc) is 2.32. The molecule has 0 saturated carbocycles. The molecule has 1 atom stereocenters. The molecule has 0 aromatic heterocycles. The first kappa shape index (κ1) is 12.8. The van der Waals surface area contributed by atoms with Crippen molar-refractivity contribution in [1.82, 2.24) is 0 Å². The Hall–Kier alpha value is -1.26. The highest BCUT2D eigenvalue weighted by Crippen LogP contribution is 2.16. The van der Waals surface area contributed by atoms with Gasteiger partial charge in [0.25, 0.3) is 0 Å². The number of phenolic OH excluding ortho intramolecular Hbond substituents is 1. The largest absolute Gasteiger partial charge is 0.508 e. The highest BCUT2D eigenvalue weighted by Gasteiger charge is 2.07. The van der Waals surface area contributed by atoms with Crippen molar-refractivity contribution in [3.8, 4) is 11.5 Å². The smallest absolute Gasteiger partial charge is 0.119 e. The molecule has 1 unspecified atom stereocenters. The quantitative estimate of drug-likeness (QED) is 0.736. The first-order valence-corrected chi connectivity index (χ1v) is 5.37. The highest BCUT2D eigenvalue weighted by atomic mass is 16.5. The van der Waals surface area contributed by atoms with Crippen LogP contribution >= 0.6 is 0 Å². The summed E-state index contributed by atoms with van der Waals surface area (Å²) < 4.78 is 10.6. The second kappa shape index (κ2) is 7.09. The maximum Gasteiger partial charge on any atom is 0.119 e. The number of ether oxygens (including phenoxy) is 2. The van der Waals surface area contributed by atoms with Gasteiger partial charge in [-0.15, -0.1) is 0 Å². The summed E-state index contributed by atoms with van der Waals surface area (Å²) in [6.45, 7) is 1.85. The summed E-state index contributed by atoms with van der Waals surface area (Å²) in [7, 11) is 1.68. The van der Waals surface area contributed by atoms with Gasteiger partial charge in [0.15, 0.2) is 0 Å². The average molecular weight is 225 g/mol. The summed E-state index contributed by atoms with van der Waals surface area (Å²) in [6.07, 6.45) is 0.894. The van der Waals surface area contributed by atoms with Crippen LogP contribution in [0.4, 0.5) is 0 Å². The van der Waals surface area contributed by atoms with Crippen molar-refractivity contribution in [3.05, 3.63) is 24.3 Å². The lowest BCUT2D eigenvalue weighted by Crippen LogP contribution is -2.22. The maximum atomic E-state index is 9.10. The van der Waals surface area contributed by atoms with Gasteiger partial charge < -0.3 is 20.3 Å². The number of aromatic hydroxyl groups is 1. The second-order valence-electron chi connectivity index (χ2n) is 3.69. The Morgan fingerprint density at radius 1 is 1.31 bits per heavy atom. The van der Waals surface area contributed by atoms with Gasteiger partial charge in [0.05, 0.1) is 6.61 Å². The van der Waals surface area contributed by atoms with Gasteiger partial charge in [-0.2, -0.15) is 0 Å². The molecule has 3 N–H and O–H groups in total. The zero-order chi connectivity index (χ0) is 11.8. The Morgan fingerprint density at radius 3 is 2.56 bits per heavy atom. The molecule has 0 saturated heterocycles. The number of rotatable bonds is 7. The number of benzene rings is 1. The van der Waals surface area contributed by atoms with E-state index in [0.29, 0.717) is 25.7 Å². The Balaban J connectivity index is 2.34. The van der Waals surface area contributed by atoms with E-state index >= 15 is 0 Å². The van der Waals surface area contributed by atoms with E-state index in [1.54, 1.807) is 31.4 Å². The first-order chi connectivity index (χ1) is 7.76. The minimum Gasteiger partial charge on any atom is -0.508 e. The minimum absolute atomic E-state index is 0.238. The van der Waals surface area contributed by atoms with Crippen LogP contribution in [0.1, 0.15) is 6.42 Å². The minimum atomic E-state index is 0.238. The van der Waals surface area contributed by atoms with E-state index in [4.69, 9.17) is 20.3 Å². The number of hydrogen-bond acceptors (Lipinski definition) is 4. The number of methoxy groups -OCH3 is 1. The third kappa shape index (κ3) is 4.51. The molecular weight excluding hydrogens is 206 g/mol. The summed E-state index contributed by atoms with van der Waals surface area (Å²) >= 11 is 0. The van der Waals surface area contributed by atoms with E-state index in [-0.39, 0.29) is 5.75 Å². The van der Waals surface area contributed by atoms with Crippen LogP contribution in [-0.4, -0.2) is 32.0 Å². The van der Waals surface area contributed by atoms with Crippen LogP contribution < -0.4 is 10.5 Å². The van der Waals surface area contributed by atoms with Gasteiger partial charge in [-0.1, -0.05) is 0 Å². The van der Waals surface area contributed by atoms with Gasteiger partial charge in [0.2, 0.25) is 0 Å². The molecule has 1 aromatic carbocycles. The summed E-state index contributed by atoms with van der Waals surface area (Å²) in [5.41, 5.74) is 5.63. The van der Waals surface area contributed by atoms with Crippen LogP contribution in [0.15, 0.2) is 24.3 Å². The third-order valence-electron chi connectivity index (χ3n) is 2.39. The molecule has 90 valence electrons. The van der Waals surface area contributed by atoms with Gasteiger partial charge in [0.1, 0.15) is 11.5 Å². The monoisotopic (exact) mass is 225 g/mol. The van der Waals surface area contributed by atoms with Gasteiger partial charge in [-0.3, -0.25) is 0 Å². The molecule has 16 heavy (non-hydrogen) atoms. The van der Waals surface area contributed by atoms with Crippen molar-refractivity contribution in [2.45, 2.75) is 6.42 Å². The lowest BCUT2D eigenvalue weighted by molar-refractivity contribution is 0.157. The SMILES string of the molecule is COCCC(CN)COc1ccc(O)cc1. The van der Waals surface area contributed by atoms with Gasteiger partial charge in [-0.25, -0.2) is 0 Å². The van der Waals surface area contributed by atoms with E-state index in [2.05, 4.69) is 0 Å². The van der Waals surface area contributed by atoms with Crippen LogP contribution in [-0.2, 0) is 4.74 Å². The molecule has 0 radical (unpaired) electrons. The van der Waals surface area contributed by atoms with Gasteiger partial charge in [0, 0.05) is 19.6 Å². The van der Waals surface area contributed by atoms with Crippen LogP contribution in [0, 0.1) is 5.92 Å². The number of phenols is 1. The van der Waals surface area contributed by atoms with E-state index in [1.807, 2.05) is 0 Å². The van der Waals surface area contributed by atoms with Crippen molar-refractivity contribution in [2.75, 3.05) is 26.9 Å². The van der Waals surface area contributed by atoms with Gasteiger partial charge in [-0.05, 0) is 37.2 Å². The second-order valence-corrected chi connectivity index (χ2v) is 3.69. The van der Waals surface area contributed by atoms with Crippen LogP contribution in [0.25, 0.3) is 0 Å². The summed E-state index contributed by atoms with van der Waals surface area (Å²) in [5, 5.41) is 9.10. The number of hydrogen-bond donors (Lipinski definition) is 2. The summed E-state index contributed by atoms with van der Waals surface area (Å²) in [4.78, 5) is 0. The molecule has 4 nitrogen and oxygen atoms in total. The topological polar surface area (TPSA) is 64.7 Å². The van der Waals surface area contributed by atoms with Crippen LogP contribution in [0.3, 0.4) is 0 Å². The molecule has 0 aliphatic carbocycles. The Kier molecular flexibility index (Phi) is 5.67. The highest BCUT2D eigenvalue weighted by molar-refractivity contribution is 5.30. The first-order valence-electron chi connectivity index (χ1n) is 5.37. The molecule has 1 rings (SSSR count). The molecule has 0 amide bonds. The van der Waals surface area contributed by atoms with Crippen molar-refractivity contribution < 1.29 is 14.6 Å². The Labute approximate surface area is 96.0 Å². The molecule has 0 aliphatic rings. The van der Waals surface area contributed by atoms with Crippen molar-refractivity contribution in [1.29, 1.82) is 0 Å². The fourth-order valence-electron chi connectivity index (χ4n) is 1.31. The Bertz CT molecular complexity index is 287. The van der Waals surface area contributed by atoms with E-state index in [1.165, 1.54) is 0 Å². The maximum absolute atomic E-state index is 9.10. The molecule has 0 bridgehead atoms. The zero-order valence-corrected chi connectivity index (χ0v) is 9.56. The third-order valence-corrected chi connectivity index (χ3v) is 2.39. The Morgan fingerprint density at radius 2 is 2.00 bits per heavy atom. The normalized spacial score (nSPS) is 12.4. The number of nitrogens with two attached hydrogens (primary N) is 1. The molecule has 0 aliphatic heterocycles. The molecule has 0 spiro atoms. The molecule has 1 aromatic rings. The fourth-order valence-corrected chi connectivity index (χ4v) is 1.31.